The van der Waals surface area contributed by atoms with Crippen LogP contribution < -0.4 is 5.32 Å². The van der Waals surface area contributed by atoms with E-state index in [0.717, 1.165) is 25.7 Å². The van der Waals surface area contributed by atoms with Gasteiger partial charge in [-0.25, -0.2) is 0 Å². The smallest absolute Gasteiger partial charge is 0.251 e. The second kappa shape index (κ2) is 5.24. The molecule has 0 unspecified atom stereocenters. The zero-order valence-corrected chi connectivity index (χ0v) is 12.0. The fraction of sp³-hybridized carbons (Fsp3) is 0.562. The minimum absolute atomic E-state index is 0.0712. The lowest BCUT2D eigenvalue weighted by molar-refractivity contribution is 0.0908. The van der Waals surface area contributed by atoms with Gasteiger partial charge in [0.2, 0.25) is 0 Å². The van der Waals surface area contributed by atoms with E-state index in [2.05, 4.69) is 19.2 Å². The summed E-state index contributed by atoms with van der Waals surface area (Å²) in [7, 11) is 0. The van der Waals surface area contributed by atoms with Gasteiger partial charge in [-0.1, -0.05) is 19.9 Å². The highest BCUT2D eigenvalue weighted by Gasteiger charge is 2.28. The zero-order valence-electron chi connectivity index (χ0n) is 12.0. The largest absolute Gasteiger partial charge is 0.508 e. The molecular weight excluding hydrogens is 238 g/mol. The lowest BCUT2D eigenvalue weighted by Crippen LogP contribution is -2.39. The summed E-state index contributed by atoms with van der Waals surface area (Å²) >= 11 is 0. The van der Waals surface area contributed by atoms with Crippen LogP contribution >= 0.6 is 0 Å². The number of amides is 1. The number of aromatic hydroxyl groups is 1. The first-order valence-corrected chi connectivity index (χ1v) is 6.98. The number of benzene rings is 1. The fourth-order valence-electron chi connectivity index (χ4n) is 2.68. The minimum Gasteiger partial charge on any atom is -0.508 e. The molecule has 0 atom stereocenters. The van der Waals surface area contributed by atoms with Crippen LogP contribution in [0.5, 0.6) is 5.75 Å². The molecular formula is C16H23NO2. The molecule has 0 heterocycles. The van der Waals surface area contributed by atoms with Gasteiger partial charge in [0.15, 0.2) is 0 Å². The third kappa shape index (κ3) is 3.28. The number of nitrogens with one attached hydrogen (secondary N) is 1. The summed E-state index contributed by atoms with van der Waals surface area (Å²) in [5.41, 5.74) is 1.63. The maximum Gasteiger partial charge on any atom is 0.251 e. The van der Waals surface area contributed by atoms with Gasteiger partial charge in [-0.15, -0.1) is 0 Å². The Labute approximate surface area is 115 Å². The molecule has 2 rings (SSSR count). The number of hydrogen-bond donors (Lipinski definition) is 2. The Balaban J connectivity index is 2.00. The molecule has 0 saturated heterocycles. The van der Waals surface area contributed by atoms with E-state index in [-0.39, 0.29) is 17.7 Å². The van der Waals surface area contributed by atoms with Crippen LogP contribution in [0.3, 0.4) is 0 Å². The number of phenols is 1. The molecule has 0 radical (unpaired) electrons. The number of hydrogen-bond acceptors (Lipinski definition) is 2. The normalized spacial score (nSPS) is 19.1. The molecule has 3 heteroatoms. The van der Waals surface area contributed by atoms with Gasteiger partial charge >= 0.3 is 0 Å². The number of phenolic OH excluding ortho intramolecular Hbond substituents is 1. The summed E-state index contributed by atoms with van der Waals surface area (Å²) in [6.07, 6.45) is 4.38. The molecule has 1 saturated carbocycles. The number of carbonyl (C=O) groups is 1. The third-order valence-corrected chi connectivity index (χ3v) is 4.22. The summed E-state index contributed by atoms with van der Waals surface area (Å²) in [5, 5.41) is 12.7. The van der Waals surface area contributed by atoms with E-state index in [9.17, 15) is 9.90 Å². The highest BCUT2D eigenvalue weighted by Crippen LogP contribution is 2.35. The summed E-state index contributed by atoms with van der Waals surface area (Å²) in [6, 6.07) is 5.34. The van der Waals surface area contributed by atoms with Gasteiger partial charge in [-0.2, -0.15) is 0 Å². The molecule has 0 aliphatic heterocycles. The zero-order chi connectivity index (χ0) is 14.0. The van der Waals surface area contributed by atoms with E-state index in [1.165, 1.54) is 0 Å². The van der Waals surface area contributed by atoms with E-state index >= 15 is 0 Å². The average molecular weight is 261 g/mol. The summed E-state index contributed by atoms with van der Waals surface area (Å²) in [5.74, 6) is 0.107. The van der Waals surface area contributed by atoms with E-state index in [1.54, 1.807) is 25.1 Å². The Morgan fingerprint density at radius 3 is 2.58 bits per heavy atom. The minimum atomic E-state index is -0.0712. The van der Waals surface area contributed by atoms with Crippen LogP contribution in [0.25, 0.3) is 0 Å². The van der Waals surface area contributed by atoms with Gasteiger partial charge in [-0.05, 0) is 50.2 Å². The van der Waals surface area contributed by atoms with Gasteiger partial charge in [-0.3, -0.25) is 4.79 Å². The van der Waals surface area contributed by atoms with Crippen LogP contribution in [0.2, 0.25) is 0 Å². The number of rotatable bonds is 2. The van der Waals surface area contributed by atoms with Crippen molar-refractivity contribution < 1.29 is 9.90 Å². The fourth-order valence-corrected chi connectivity index (χ4v) is 2.68. The summed E-state index contributed by atoms with van der Waals surface area (Å²) < 4.78 is 0. The first kappa shape index (κ1) is 13.9. The molecule has 1 amide bonds. The van der Waals surface area contributed by atoms with Crippen molar-refractivity contribution in [1.82, 2.24) is 5.32 Å². The van der Waals surface area contributed by atoms with E-state index in [0.29, 0.717) is 16.5 Å². The van der Waals surface area contributed by atoms with Crippen molar-refractivity contribution in [2.24, 2.45) is 5.41 Å². The van der Waals surface area contributed by atoms with Crippen molar-refractivity contribution >= 4 is 5.91 Å². The second-order valence-corrected chi connectivity index (χ2v) is 6.36. The first-order chi connectivity index (χ1) is 8.89. The Morgan fingerprint density at radius 2 is 1.95 bits per heavy atom. The van der Waals surface area contributed by atoms with Crippen molar-refractivity contribution in [3.63, 3.8) is 0 Å². The second-order valence-electron chi connectivity index (χ2n) is 6.36. The van der Waals surface area contributed by atoms with Crippen molar-refractivity contribution in [2.75, 3.05) is 0 Å². The molecule has 3 nitrogen and oxygen atoms in total. The predicted molar refractivity (Wildman–Crippen MR) is 76.3 cm³/mol. The molecule has 0 aromatic heterocycles. The van der Waals surface area contributed by atoms with Crippen LogP contribution in [0.15, 0.2) is 18.2 Å². The maximum atomic E-state index is 12.2. The molecule has 1 aromatic rings. The maximum absolute atomic E-state index is 12.2. The van der Waals surface area contributed by atoms with Gasteiger partial charge in [0.05, 0.1) is 0 Å². The van der Waals surface area contributed by atoms with Crippen LogP contribution in [0.1, 0.15) is 55.5 Å². The molecule has 0 spiro atoms. The van der Waals surface area contributed by atoms with E-state index in [1.807, 2.05) is 0 Å². The molecule has 1 aromatic carbocycles. The summed E-state index contributed by atoms with van der Waals surface area (Å²) in [4.78, 5) is 12.2. The molecule has 19 heavy (non-hydrogen) atoms. The van der Waals surface area contributed by atoms with Gasteiger partial charge in [0, 0.05) is 17.2 Å². The van der Waals surface area contributed by atoms with Crippen LogP contribution in [0.4, 0.5) is 0 Å². The van der Waals surface area contributed by atoms with Crippen molar-refractivity contribution in [2.45, 2.75) is 52.5 Å². The summed E-state index contributed by atoms with van der Waals surface area (Å²) in [6.45, 7) is 6.34. The van der Waals surface area contributed by atoms with Gasteiger partial charge in [0.25, 0.3) is 5.91 Å². The molecule has 0 bridgehead atoms. The van der Waals surface area contributed by atoms with Crippen molar-refractivity contribution in [3.05, 3.63) is 29.3 Å². The SMILES string of the molecule is Cc1c(O)cccc1C(=O)NC1CCC(C)(C)CC1. The standard InChI is InChI=1S/C16H23NO2/c1-11-13(5-4-6-14(11)18)15(19)17-12-7-9-16(2,3)10-8-12/h4-6,12,18H,7-10H2,1-3H3,(H,17,19). The van der Waals surface area contributed by atoms with Crippen molar-refractivity contribution in [1.29, 1.82) is 0 Å². The molecule has 104 valence electrons. The predicted octanol–water partition coefficient (Wildman–Crippen LogP) is 3.40. The van der Waals surface area contributed by atoms with Crippen LogP contribution in [0, 0.1) is 12.3 Å². The monoisotopic (exact) mass is 261 g/mol. The Morgan fingerprint density at radius 1 is 1.32 bits per heavy atom. The van der Waals surface area contributed by atoms with Gasteiger partial charge < -0.3 is 10.4 Å². The Bertz CT molecular complexity index is 470. The van der Waals surface area contributed by atoms with E-state index < -0.39 is 0 Å². The molecule has 1 aliphatic rings. The molecule has 1 aliphatic carbocycles. The highest BCUT2D eigenvalue weighted by molar-refractivity contribution is 5.96. The molecule has 1 fully saturated rings. The van der Waals surface area contributed by atoms with E-state index in [4.69, 9.17) is 0 Å². The van der Waals surface area contributed by atoms with Crippen LogP contribution in [-0.2, 0) is 0 Å². The van der Waals surface area contributed by atoms with Crippen LogP contribution in [-0.4, -0.2) is 17.1 Å². The van der Waals surface area contributed by atoms with Crippen molar-refractivity contribution in [3.8, 4) is 5.75 Å². The Hall–Kier alpha value is -1.51. The lowest BCUT2D eigenvalue weighted by atomic mass is 9.75. The van der Waals surface area contributed by atoms with Gasteiger partial charge in [0.1, 0.15) is 5.75 Å². The highest BCUT2D eigenvalue weighted by atomic mass is 16.3. The average Bonchev–Trinajstić information content (AvgIpc) is 2.35. The topological polar surface area (TPSA) is 49.3 Å². The lowest BCUT2D eigenvalue weighted by Gasteiger charge is -2.34. The Kier molecular flexibility index (Phi) is 3.83. The first-order valence-electron chi connectivity index (χ1n) is 6.98. The quantitative estimate of drug-likeness (QED) is 0.857. The third-order valence-electron chi connectivity index (χ3n) is 4.22. The molecule has 2 N–H and O–H groups in total. The number of carbonyl (C=O) groups excluding carboxylic acids is 1.